The molecule has 2 aliphatic rings. The molecule has 0 aliphatic heterocycles. The monoisotopic (exact) mass is 197 g/mol. The van der Waals surface area contributed by atoms with Crippen LogP contribution in [0.15, 0.2) is 0 Å². The quantitative estimate of drug-likeness (QED) is 0.690. The molecule has 4 atom stereocenters. The Kier molecular flexibility index (Phi) is 2.77. The first-order valence-corrected chi connectivity index (χ1v) is 5.61. The van der Waals surface area contributed by atoms with Gasteiger partial charge in [0.25, 0.3) is 0 Å². The van der Waals surface area contributed by atoms with Gasteiger partial charge in [-0.25, -0.2) is 0 Å². The van der Waals surface area contributed by atoms with Crippen LogP contribution in [0.3, 0.4) is 0 Å². The fourth-order valence-corrected chi connectivity index (χ4v) is 3.28. The van der Waals surface area contributed by atoms with Crippen molar-refractivity contribution in [2.75, 3.05) is 13.7 Å². The van der Waals surface area contributed by atoms with Crippen LogP contribution in [0.25, 0.3) is 0 Å². The van der Waals surface area contributed by atoms with Gasteiger partial charge in [0.1, 0.15) is 0 Å². The summed E-state index contributed by atoms with van der Waals surface area (Å²) in [6.45, 7) is 2.38. The maximum absolute atomic E-state index is 11.7. The Morgan fingerprint density at radius 1 is 1.43 bits per heavy atom. The van der Waals surface area contributed by atoms with Crippen molar-refractivity contribution in [2.45, 2.75) is 32.2 Å². The first-order valence-electron chi connectivity index (χ1n) is 5.61. The Morgan fingerprint density at radius 3 is 2.79 bits per heavy atom. The van der Waals surface area contributed by atoms with E-state index in [0.29, 0.717) is 24.5 Å². The minimum Gasteiger partial charge on any atom is -0.466 e. The number of ether oxygens (including phenoxy) is 1. The molecule has 2 bridgehead atoms. The lowest BCUT2D eigenvalue weighted by atomic mass is 9.84. The lowest BCUT2D eigenvalue weighted by Gasteiger charge is -2.28. The summed E-state index contributed by atoms with van der Waals surface area (Å²) < 4.78 is 5.13. The van der Waals surface area contributed by atoms with Gasteiger partial charge in [0.2, 0.25) is 0 Å². The molecule has 2 fully saturated rings. The molecule has 14 heavy (non-hydrogen) atoms. The number of hydrogen-bond donors (Lipinski definition) is 1. The molecule has 0 amide bonds. The van der Waals surface area contributed by atoms with Crippen LogP contribution >= 0.6 is 0 Å². The smallest absolute Gasteiger partial charge is 0.310 e. The molecule has 0 aromatic heterocycles. The first-order chi connectivity index (χ1) is 6.77. The molecule has 2 saturated carbocycles. The van der Waals surface area contributed by atoms with Crippen LogP contribution in [0.4, 0.5) is 0 Å². The van der Waals surface area contributed by atoms with Gasteiger partial charge in [-0.05, 0) is 45.1 Å². The molecule has 0 aromatic rings. The summed E-state index contributed by atoms with van der Waals surface area (Å²) in [7, 11) is 1.96. The van der Waals surface area contributed by atoms with E-state index in [1.807, 2.05) is 14.0 Å². The largest absolute Gasteiger partial charge is 0.466 e. The molecule has 1 N–H and O–H groups in total. The van der Waals surface area contributed by atoms with E-state index < -0.39 is 0 Å². The van der Waals surface area contributed by atoms with Gasteiger partial charge < -0.3 is 10.1 Å². The Morgan fingerprint density at radius 2 is 2.14 bits per heavy atom. The van der Waals surface area contributed by atoms with Crippen LogP contribution in [0, 0.1) is 17.8 Å². The second-order valence-corrected chi connectivity index (χ2v) is 4.43. The molecule has 2 rings (SSSR count). The Hall–Kier alpha value is -0.570. The number of carbonyl (C=O) groups excluding carboxylic acids is 1. The number of nitrogens with one attached hydrogen (secondary N) is 1. The van der Waals surface area contributed by atoms with Crippen molar-refractivity contribution >= 4 is 5.97 Å². The van der Waals surface area contributed by atoms with Gasteiger partial charge in [-0.2, -0.15) is 0 Å². The van der Waals surface area contributed by atoms with Gasteiger partial charge in [0.15, 0.2) is 0 Å². The third-order valence-corrected chi connectivity index (χ3v) is 3.81. The zero-order valence-electron chi connectivity index (χ0n) is 8.95. The zero-order chi connectivity index (χ0) is 10.1. The van der Waals surface area contributed by atoms with Crippen molar-refractivity contribution < 1.29 is 9.53 Å². The molecule has 0 radical (unpaired) electrons. The van der Waals surface area contributed by atoms with E-state index in [2.05, 4.69) is 5.32 Å². The van der Waals surface area contributed by atoms with Gasteiger partial charge in [-0.1, -0.05) is 0 Å². The predicted octanol–water partition coefficient (Wildman–Crippen LogP) is 1.18. The van der Waals surface area contributed by atoms with E-state index in [9.17, 15) is 4.79 Å². The average Bonchev–Trinajstić information content (AvgIpc) is 2.76. The van der Waals surface area contributed by atoms with Crippen LogP contribution in [0.1, 0.15) is 26.2 Å². The highest BCUT2D eigenvalue weighted by atomic mass is 16.5. The maximum atomic E-state index is 11.7. The minimum atomic E-state index is 0.0130. The number of hydrogen-bond acceptors (Lipinski definition) is 3. The molecular formula is C11H19NO2. The number of fused-ring (bicyclic) bond motifs is 2. The van der Waals surface area contributed by atoms with E-state index in [1.54, 1.807) is 0 Å². The number of carbonyl (C=O) groups is 1. The Bertz CT molecular complexity index is 229. The normalized spacial score (nSPS) is 40.1. The molecule has 3 nitrogen and oxygen atoms in total. The standard InChI is InChI=1S/C11H19NO2/c1-3-14-11(13)9-7-4-5-8(6-7)10(9)12-2/h7-10,12H,3-6H2,1-2H3/t7-,8+,9-,10+/m0/s1. The third kappa shape index (κ3) is 1.44. The van der Waals surface area contributed by atoms with E-state index in [4.69, 9.17) is 4.74 Å². The average molecular weight is 197 g/mol. The molecule has 0 heterocycles. The van der Waals surface area contributed by atoms with Crippen LogP contribution in [0.2, 0.25) is 0 Å². The highest BCUT2D eigenvalue weighted by molar-refractivity contribution is 5.74. The fraction of sp³-hybridized carbons (Fsp3) is 0.909. The van der Waals surface area contributed by atoms with Crippen LogP contribution < -0.4 is 5.32 Å². The molecular weight excluding hydrogens is 178 g/mol. The van der Waals surface area contributed by atoms with E-state index in [-0.39, 0.29) is 11.9 Å². The van der Waals surface area contributed by atoms with E-state index in [0.717, 1.165) is 0 Å². The SMILES string of the molecule is CCOC(=O)[C@H]1[C@H]2CC[C@H](C2)[C@H]1NC. The summed E-state index contributed by atoms with van der Waals surface area (Å²) in [6, 6.07) is 0.368. The van der Waals surface area contributed by atoms with Crippen LogP contribution in [-0.4, -0.2) is 25.7 Å². The summed E-state index contributed by atoms with van der Waals surface area (Å²) >= 11 is 0. The molecule has 0 saturated heterocycles. The van der Waals surface area contributed by atoms with Crippen molar-refractivity contribution in [1.82, 2.24) is 5.32 Å². The minimum absolute atomic E-state index is 0.0130. The lowest BCUT2D eigenvalue weighted by Crippen LogP contribution is -2.43. The summed E-state index contributed by atoms with van der Waals surface area (Å²) in [5, 5.41) is 3.28. The summed E-state index contributed by atoms with van der Waals surface area (Å²) in [5.41, 5.74) is 0. The zero-order valence-corrected chi connectivity index (χ0v) is 8.95. The molecule has 2 aliphatic carbocycles. The van der Waals surface area contributed by atoms with Gasteiger partial charge in [0, 0.05) is 6.04 Å². The molecule has 0 spiro atoms. The highest BCUT2D eigenvalue weighted by Gasteiger charge is 2.50. The van der Waals surface area contributed by atoms with Gasteiger partial charge in [-0.3, -0.25) is 4.79 Å². The van der Waals surface area contributed by atoms with Gasteiger partial charge in [-0.15, -0.1) is 0 Å². The molecule has 0 unspecified atom stereocenters. The van der Waals surface area contributed by atoms with Crippen molar-refractivity contribution in [3.05, 3.63) is 0 Å². The Labute approximate surface area is 85.2 Å². The highest BCUT2D eigenvalue weighted by Crippen LogP contribution is 2.48. The third-order valence-electron chi connectivity index (χ3n) is 3.81. The first kappa shape index (κ1) is 9.97. The topological polar surface area (TPSA) is 38.3 Å². The number of esters is 1. The van der Waals surface area contributed by atoms with Crippen LogP contribution in [0.5, 0.6) is 0 Å². The van der Waals surface area contributed by atoms with Crippen LogP contribution in [-0.2, 0) is 9.53 Å². The molecule has 80 valence electrons. The summed E-state index contributed by atoms with van der Waals surface area (Å²) in [4.78, 5) is 11.7. The summed E-state index contributed by atoms with van der Waals surface area (Å²) in [6.07, 6.45) is 3.72. The lowest BCUT2D eigenvalue weighted by molar-refractivity contribution is -0.150. The van der Waals surface area contributed by atoms with Gasteiger partial charge >= 0.3 is 5.97 Å². The van der Waals surface area contributed by atoms with Crippen molar-refractivity contribution in [1.29, 1.82) is 0 Å². The van der Waals surface area contributed by atoms with Gasteiger partial charge in [0.05, 0.1) is 12.5 Å². The van der Waals surface area contributed by atoms with Crippen molar-refractivity contribution in [3.8, 4) is 0 Å². The number of rotatable bonds is 3. The molecule has 0 aromatic carbocycles. The van der Waals surface area contributed by atoms with E-state index >= 15 is 0 Å². The Balaban J connectivity index is 2.06. The fourth-order valence-electron chi connectivity index (χ4n) is 3.28. The predicted molar refractivity (Wildman–Crippen MR) is 53.8 cm³/mol. The van der Waals surface area contributed by atoms with E-state index in [1.165, 1.54) is 19.3 Å². The second kappa shape index (κ2) is 3.89. The van der Waals surface area contributed by atoms with Crippen molar-refractivity contribution in [3.63, 3.8) is 0 Å². The summed E-state index contributed by atoms with van der Waals surface area (Å²) in [5.74, 6) is 1.42. The van der Waals surface area contributed by atoms with Crippen molar-refractivity contribution in [2.24, 2.45) is 17.8 Å². The maximum Gasteiger partial charge on any atom is 0.310 e. The molecule has 3 heteroatoms. The second-order valence-electron chi connectivity index (χ2n) is 4.43.